The van der Waals surface area contributed by atoms with E-state index in [2.05, 4.69) is 44.1 Å². The van der Waals surface area contributed by atoms with Crippen molar-refractivity contribution in [1.82, 2.24) is 25.1 Å². The van der Waals surface area contributed by atoms with Crippen LogP contribution >= 0.6 is 23.1 Å². The number of hydrogen-bond donors (Lipinski definition) is 1. The van der Waals surface area contributed by atoms with E-state index < -0.39 is 0 Å². The summed E-state index contributed by atoms with van der Waals surface area (Å²) in [5, 5.41) is 13.1. The molecule has 0 fully saturated rings. The fourth-order valence-electron chi connectivity index (χ4n) is 2.80. The molecule has 0 aliphatic carbocycles. The molecule has 0 aliphatic rings. The number of hydrogen-bond acceptors (Lipinski definition) is 6. The molecule has 1 amide bonds. The molecule has 0 spiro atoms. The monoisotopic (exact) mass is 421 g/mol. The number of rotatable bonds is 7. The summed E-state index contributed by atoms with van der Waals surface area (Å²) < 4.78 is 2.06. The number of carbonyl (C=O) groups excluding carboxylic acids is 1. The van der Waals surface area contributed by atoms with Gasteiger partial charge in [0.1, 0.15) is 5.01 Å². The maximum Gasteiger partial charge on any atom is 0.282 e. The van der Waals surface area contributed by atoms with E-state index in [-0.39, 0.29) is 5.91 Å². The first-order valence-corrected chi connectivity index (χ1v) is 10.9. The van der Waals surface area contributed by atoms with E-state index in [1.807, 2.05) is 48.7 Å². The minimum absolute atomic E-state index is 0.205. The van der Waals surface area contributed by atoms with Gasteiger partial charge >= 0.3 is 0 Å². The van der Waals surface area contributed by atoms with Crippen molar-refractivity contribution in [2.45, 2.75) is 24.4 Å². The van der Waals surface area contributed by atoms with E-state index in [0.717, 1.165) is 21.4 Å². The Morgan fingerprint density at radius 2 is 1.90 bits per heavy atom. The number of imidazole rings is 1. The molecule has 6 nitrogen and oxygen atoms in total. The molecule has 0 aliphatic heterocycles. The maximum atomic E-state index is 12.3. The fraction of sp³-hybridized carbons (Fsp3) is 0.143. The average molecular weight is 422 g/mol. The van der Waals surface area contributed by atoms with Gasteiger partial charge in [-0.15, -0.1) is 10.2 Å². The molecule has 0 saturated heterocycles. The van der Waals surface area contributed by atoms with Crippen molar-refractivity contribution in [2.75, 3.05) is 0 Å². The fourth-order valence-corrected chi connectivity index (χ4v) is 4.51. The summed E-state index contributed by atoms with van der Waals surface area (Å²) >= 11 is 2.88. The van der Waals surface area contributed by atoms with Crippen LogP contribution in [0.3, 0.4) is 0 Å². The standard InChI is InChI=1S/C21H19N5OS2/c1-15-7-5-6-10-17(15)26-12-11-22-21(26)28-14-18-24-25-20(29-18)19(27)23-13-16-8-3-2-4-9-16/h2-12H,13-14H2,1H3,(H,23,27). The molecule has 0 bridgehead atoms. The highest BCUT2D eigenvalue weighted by atomic mass is 32.2. The molecular formula is C21H19N5OS2. The number of nitrogens with zero attached hydrogens (tertiary/aromatic N) is 4. The van der Waals surface area contributed by atoms with Gasteiger partial charge in [-0.05, 0) is 24.1 Å². The number of amides is 1. The number of nitrogens with one attached hydrogen (secondary N) is 1. The van der Waals surface area contributed by atoms with E-state index in [0.29, 0.717) is 17.3 Å². The molecule has 29 heavy (non-hydrogen) atoms. The van der Waals surface area contributed by atoms with E-state index in [9.17, 15) is 4.79 Å². The largest absolute Gasteiger partial charge is 0.346 e. The molecule has 0 atom stereocenters. The number of carbonyl (C=O) groups is 1. The molecule has 0 unspecified atom stereocenters. The van der Waals surface area contributed by atoms with Crippen molar-refractivity contribution < 1.29 is 4.79 Å². The van der Waals surface area contributed by atoms with Gasteiger partial charge in [-0.2, -0.15) is 0 Å². The summed E-state index contributed by atoms with van der Waals surface area (Å²) in [7, 11) is 0. The first-order valence-electron chi connectivity index (χ1n) is 9.07. The molecule has 8 heteroatoms. The Bertz CT molecular complexity index is 1110. The highest BCUT2D eigenvalue weighted by Gasteiger charge is 2.14. The zero-order valence-corrected chi connectivity index (χ0v) is 17.4. The first kappa shape index (κ1) is 19.4. The van der Waals surface area contributed by atoms with Gasteiger partial charge in [0.05, 0.1) is 11.4 Å². The van der Waals surface area contributed by atoms with E-state index in [4.69, 9.17) is 0 Å². The van der Waals surface area contributed by atoms with Crippen LogP contribution in [0.25, 0.3) is 5.69 Å². The topological polar surface area (TPSA) is 72.7 Å². The molecule has 2 aromatic heterocycles. The zero-order valence-electron chi connectivity index (χ0n) is 15.8. The molecule has 2 heterocycles. The Labute approximate surface area is 177 Å². The first-order chi connectivity index (χ1) is 14.2. The smallest absolute Gasteiger partial charge is 0.282 e. The number of thioether (sulfide) groups is 1. The Hall–Kier alpha value is -2.97. The van der Waals surface area contributed by atoms with Crippen molar-refractivity contribution in [3.63, 3.8) is 0 Å². The van der Waals surface area contributed by atoms with Crippen molar-refractivity contribution >= 4 is 29.0 Å². The molecular weight excluding hydrogens is 402 g/mol. The minimum atomic E-state index is -0.205. The number of aromatic nitrogens is 4. The lowest BCUT2D eigenvalue weighted by Gasteiger charge is -2.09. The molecule has 2 aromatic carbocycles. The Kier molecular flexibility index (Phi) is 6.02. The zero-order chi connectivity index (χ0) is 20.1. The van der Waals surface area contributed by atoms with Gasteiger partial charge in [-0.1, -0.05) is 71.6 Å². The normalized spacial score (nSPS) is 10.8. The highest BCUT2D eigenvalue weighted by molar-refractivity contribution is 7.98. The van der Waals surface area contributed by atoms with E-state index in [1.54, 1.807) is 18.0 Å². The Morgan fingerprint density at radius 3 is 2.72 bits per heavy atom. The highest BCUT2D eigenvalue weighted by Crippen LogP contribution is 2.26. The Balaban J connectivity index is 1.37. The van der Waals surface area contributed by atoms with Crippen LogP contribution in [-0.2, 0) is 12.3 Å². The third-order valence-corrected chi connectivity index (χ3v) is 6.35. The van der Waals surface area contributed by atoms with Crippen LogP contribution in [0, 0.1) is 6.92 Å². The summed E-state index contributed by atoms with van der Waals surface area (Å²) in [5.41, 5.74) is 3.33. The number of aryl methyl sites for hydroxylation is 1. The van der Waals surface area contributed by atoms with Crippen LogP contribution in [0.15, 0.2) is 72.1 Å². The summed E-state index contributed by atoms with van der Waals surface area (Å²) in [6.07, 6.45) is 3.74. The van der Waals surface area contributed by atoms with E-state index >= 15 is 0 Å². The predicted octanol–water partition coefficient (Wildman–Crippen LogP) is 4.25. The molecule has 0 radical (unpaired) electrons. The summed E-state index contributed by atoms with van der Waals surface area (Å²) in [6.45, 7) is 2.55. The lowest BCUT2D eigenvalue weighted by atomic mass is 10.2. The second-order valence-corrected chi connectivity index (χ2v) is 8.33. The number of para-hydroxylation sites is 1. The minimum Gasteiger partial charge on any atom is -0.346 e. The van der Waals surface area contributed by atoms with Gasteiger partial charge in [0.2, 0.25) is 5.01 Å². The van der Waals surface area contributed by atoms with Crippen LogP contribution in [-0.4, -0.2) is 25.7 Å². The second kappa shape index (κ2) is 9.02. The predicted molar refractivity (Wildman–Crippen MR) is 115 cm³/mol. The molecule has 0 saturated carbocycles. The van der Waals surface area contributed by atoms with Crippen LogP contribution in [0.5, 0.6) is 0 Å². The van der Waals surface area contributed by atoms with Gasteiger partial charge in [-0.25, -0.2) is 4.98 Å². The summed E-state index contributed by atoms with van der Waals surface area (Å²) in [5.74, 6) is 0.399. The molecule has 4 rings (SSSR count). The lowest BCUT2D eigenvalue weighted by molar-refractivity contribution is 0.0950. The van der Waals surface area contributed by atoms with Gasteiger partial charge in [-0.3, -0.25) is 9.36 Å². The van der Waals surface area contributed by atoms with Crippen LogP contribution in [0.1, 0.15) is 25.9 Å². The third kappa shape index (κ3) is 4.72. The van der Waals surface area contributed by atoms with Gasteiger partial charge in [0, 0.05) is 18.9 Å². The van der Waals surface area contributed by atoms with Gasteiger partial charge < -0.3 is 5.32 Å². The van der Waals surface area contributed by atoms with Crippen molar-refractivity contribution in [1.29, 1.82) is 0 Å². The summed E-state index contributed by atoms with van der Waals surface area (Å²) in [6, 6.07) is 18.0. The van der Waals surface area contributed by atoms with Crippen molar-refractivity contribution in [2.24, 2.45) is 0 Å². The van der Waals surface area contributed by atoms with Crippen LogP contribution in [0.4, 0.5) is 0 Å². The van der Waals surface area contributed by atoms with Crippen LogP contribution in [0.2, 0.25) is 0 Å². The average Bonchev–Trinajstić information content (AvgIpc) is 3.41. The van der Waals surface area contributed by atoms with Crippen molar-refractivity contribution in [3.8, 4) is 5.69 Å². The molecule has 1 N–H and O–H groups in total. The molecule has 4 aromatic rings. The molecule has 146 valence electrons. The summed E-state index contributed by atoms with van der Waals surface area (Å²) in [4.78, 5) is 16.8. The lowest BCUT2D eigenvalue weighted by Crippen LogP contribution is -2.22. The van der Waals surface area contributed by atoms with Crippen LogP contribution < -0.4 is 5.32 Å². The SMILES string of the molecule is Cc1ccccc1-n1ccnc1SCc1nnc(C(=O)NCc2ccccc2)s1. The quantitative estimate of drug-likeness (QED) is 0.452. The number of benzene rings is 2. The third-order valence-electron chi connectivity index (χ3n) is 4.26. The Morgan fingerprint density at radius 1 is 1.10 bits per heavy atom. The second-order valence-electron chi connectivity index (χ2n) is 6.32. The van der Waals surface area contributed by atoms with Crippen molar-refractivity contribution in [3.05, 3.63) is 88.1 Å². The van der Waals surface area contributed by atoms with Gasteiger partial charge in [0.25, 0.3) is 5.91 Å². The maximum absolute atomic E-state index is 12.3. The van der Waals surface area contributed by atoms with E-state index in [1.165, 1.54) is 16.9 Å². The van der Waals surface area contributed by atoms with Gasteiger partial charge in [0.15, 0.2) is 5.16 Å².